The lowest BCUT2D eigenvalue weighted by Gasteiger charge is -2.29. The van der Waals surface area contributed by atoms with Crippen molar-refractivity contribution in [2.45, 2.75) is 12.8 Å². The van der Waals surface area contributed by atoms with Crippen LogP contribution in [0.1, 0.15) is 18.4 Å². The minimum Gasteiger partial charge on any atom is -0.466 e. The molecule has 2 rings (SSSR count). The summed E-state index contributed by atoms with van der Waals surface area (Å²) in [6.45, 7) is 1.98. The van der Waals surface area contributed by atoms with Crippen molar-refractivity contribution in [3.05, 3.63) is 57.4 Å². The molecule has 0 spiro atoms. The topological polar surface area (TPSA) is 71.3 Å². The molecule has 1 heterocycles. The molecule has 0 saturated heterocycles. The molecular formula is C17H17ClN2O3. The summed E-state index contributed by atoms with van der Waals surface area (Å²) in [5.41, 5.74) is 2.68. The average molecular weight is 333 g/mol. The van der Waals surface area contributed by atoms with Crippen molar-refractivity contribution in [2.75, 3.05) is 20.8 Å². The number of halogens is 1. The van der Waals surface area contributed by atoms with Gasteiger partial charge in [0.05, 0.1) is 42.5 Å². The number of rotatable bonds is 4. The van der Waals surface area contributed by atoms with E-state index in [2.05, 4.69) is 11.4 Å². The molecule has 6 heteroatoms. The molecule has 0 bridgehead atoms. The van der Waals surface area contributed by atoms with Gasteiger partial charge in [-0.2, -0.15) is 5.26 Å². The van der Waals surface area contributed by atoms with Crippen molar-refractivity contribution in [3.8, 4) is 6.07 Å². The van der Waals surface area contributed by atoms with Crippen LogP contribution in [-0.2, 0) is 14.3 Å². The quantitative estimate of drug-likeness (QED) is 0.858. The van der Waals surface area contributed by atoms with E-state index in [1.54, 1.807) is 25.1 Å². The first-order valence-corrected chi connectivity index (χ1v) is 7.35. The molecule has 1 N–H and O–H groups in total. The lowest BCUT2D eigenvalue weighted by atomic mass is 9.81. The summed E-state index contributed by atoms with van der Waals surface area (Å²) in [7, 11) is 2.84. The first-order chi connectivity index (χ1) is 11.0. The summed E-state index contributed by atoms with van der Waals surface area (Å²) in [6, 6.07) is 9.33. The van der Waals surface area contributed by atoms with E-state index in [0.29, 0.717) is 33.1 Å². The van der Waals surface area contributed by atoms with E-state index in [9.17, 15) is 10.1 Å². The normalized spacial score (nSPS) is 17.6. The summed E-state index contributed by atoms with van der Waals surface area (Å²) in [5.74, 6) is -1.11. The number of ether oxygens (including phenoxy) is 2. The van der Waals surface area contributed by atoms with Gasteiger partial charge in [-0.15, -0.1) is 0 Å². The molecule has 0 aromatic heterocycles. The molecule has 1 atom stereocenters. The van der Waals surface area contributed by atoms with E-state index in [1.165, 1.54) is 14.2 Å². The second kappa shape index (κ2) is 7.32. The predicted octanol–water partition coefficient (Wildman–Crippen LogP) is 2.90. The monoisotopic (exact) mass is 332 g/mol. The number of carbonyl (C=O) groups excluding carboxylic acids is 1. The molecule has 1 aromatic rings. The number of nitriles is 1. The van der Waals surface area contributed by atoms with Crippen LogP contribution in [0.2, 0.25) is 5.02 Å². The van der Waals surface area contributed by atoms with Crippen LogP contribution in [0, 0.1) is 11.3 Å². The van der Waals surface area contributed by atoms with Crippen LogP contribution < -0.4 is 5.32 Å². The average Bonchev–Trinajstić information content (AvgIpc) is 2.54. The zero-order valence-corrected chi connectivity index (χ0v) is 13.9. The fourth-order valence-corrected chi connectivity index (χ4v) is 2.92. The fraction of sp³-hybridized carbons (Fsp3) is 0.294. The van der Waals surface area contributed by atoms with Crippen molar-refractivity contribution >= 4 is 17.6 Å². The number of carbonyl (C=O) groups is 1. The van der Waals surface area contributed by atoms with E-state index >= 15 is 0 Å². The van der Waals surface area contributed by atoms with Gasteiger partial charge in [0.2, 0.25) is 0 Å². The van der Waals surface area contributed by atoms with Crippen LogP contribution >= 0.6 is 11.6 Å². The number of esters is 1. The molecule has 1 unspecified atom stereocenters. The zero-order chi connectivity index (χ0) is 17.0. The Bertz CT molecular complexity index is 732. The van der Waals surface area contributed by atoms with E-state index in [1.807, 2.05) is 6.07 Å². The van der Waals surface area contributed by atoms with Crippen molar-refractivity contribution in [3.63, 3.8) is 0 Å². The van der Waals surface area contributed by atoms with Crippen LogP contribution in [0.5, 0.6) is 0 Å². The Hall–Kier alpha value is -2.29. The van der Waals surface area contributed by atoms with Gasteiger partial charge in [0, 0.05) is 17.8 Å². The SMILES string of the molecule is COCC1=C(C(=O)OC)C(c2ccccc2Cl)C(C#N)=C(C)N1. The third-order valence-electron chi connectivity index (χ3n) is 3.68. The highest BCUT2D eigenvalue weighted by Crippen LogP contribution is 2.40. The third kappa shape index (κ3) is 3.24. The van der Waals surface area contributed by atoms with E-state index < -0.39 is 11.9 Å². The number of methoxy groups -OCH3 is 2. The van der Waals surface area contributed by atoms with Gasteiger partial charge in [-0.1, -0.05) is 29.8 Å². The molecule has 0 saturated carbocycles. The summed E-state index contributed by atoms with van der Waals surface area (Å²) in [4.78, 5) is 12.4. The smallest absolute Gasteiger partial charge is 0.336 e. The predicted molar refractivity (Wildman–Crippen MR) is 86.6 cm³/mol. The number of hydrogen-bond acceptors (Lipinski definition) is 5. The van der Waals surface area contributed by atoms with Crippen LogP contribution in [0.3, 0.4) is 0 Å². The largest absolute Gasteiger partial charge is 0.466 e. The Kier molecular flexibility index (Phi) is 5.43. The van der Waals surface area contributed by atoms with Gasteiger partial charge >= 0.3 is 5.97 Å². The fourth-order valence-electron chi connectivity index (χ4n) is 2.67. The highest BCUT2D eigenvalue weighted by molar-refractivity contribution is 6.31. The summed E-state index contributed by atoms with van der Waals surface area (Å²) < 4.78 is 10.1. The van der Waals surface area contributed by atoms with Crippen molar-refractivity contribution < 1.29 is 14.3 Å². The molecule has 0 radical (unpaired) electrons. The summed E-state index contributed by atoms with van der Waals surface area (Å²) in [6.07, 6.45) is 0. The lowest BCUT2D eigenvalue weighted by molar-refractivity contribution is -0.136. The third-order valence-corrected chi connectivity index (χ3v) is 4.02. The van der Waals surface area contributed by atoms with Crippen LogP contribution in [0.25, 0.3) is 0 Å². The highest BCUT2D eigenvalue weighted by Gasteiger charge is 2.36. The minimum atomic E-state index is -0.590. The highest BCUT2D eigenvalue weighted by atomic mass is 35.5. The van der Waals surface area contributed by atoms with E-state index in [4.69, 9.17) is 21.1 Å². The van der Waals surface area contributed by atoms with Crippen molar-refractivity contribution in [1.29, 1.82) is 5.26 Å². The molecule has 0 amide bonds. The molecule has 5 nitrogen and oxygen atoms in total. The van der Waals surface area contributed by atoms with Gasteiger partial charge in [-0.05, 0) is 18.6 Å². The number of hydrogen-bond donors (Lipinski definition) is 1. The van der Waals surface area contributed by atoms with E-state index in [0.717, 1.165) is 0 Å². The van der Waals surface area contributed by atoms with Gasteiger partial charge in [0.1, 0.15) is 0 Å². The zero-order valence-electron chi connectivity index (χ0n) is 13.1. The molecule has 120 valence electrons. The maximum atomic E-state index is 12.4. The summed E-state index contributed by atoms with van der Waals surface area (Å²) in [5, 5.41) is 13.1. The number of nitrogens with one attached hydrogen (secondary N) is 1. The lowest BCUT2D eigenvalue weighted by Crippen LogP contribution is -2.31. The Morgan fingerprint density at radius 2 is 2.09 bits per heavy atom. The number of dihydropyridines is 1. The Morgan fingerprint density at radius 3 is 2.65 bits per heavy atom. The maximum absolute atomic E-state index is 12.4. The summed E-state index contributed by atoms with van der Waals surface area (Å²) >= 11 is 6.31. The first-order valence-electron chi connectivity index (χ1n) is 6.97. The van der Waals surface area contributed by atoms with Crippen LogP contribution in [-0.4, -0.2) is 26.8 Å². The molecule has 1 aromatic carbocycles. The van der Waals surface area contributed by atoms with Gasteiger partial charge in [0.25, 0.3) is 0 Å². The van der Waals surface area contributed by atoms with Crippen LogP contribution in [0.15, 0.2) is 46.8 Å². The Labute approximate surface area is 140 Å². The molecule has 1 aliphatic rings. The first kappa shape index (κ1) is 17.1. The second-order valence-corrected chi connectivity index (χ2v) is 5.45. The Balaban J connectivity index is 2.72. The number of allylic oxidation sites excluding steroid dienone is 2. The van der Waals surface area contributed by atoms with Gasteiger partial charge in [-0.25, -0.2) is 4.79 Å². The number of nitrogens with zero attached hydrogens (tertiary/aromatic N) is 1. The van der Waals surface area contributed by atoms with Crippen LogP contribution in [0.4, 0.5) is 0 Å². The van der Waals surface area contributed by atoms with Gasteiger partial charge < -0.3 is 14.8 Å². The minimum absolute atomic E-state index is 0.196. The number of benzene rings is 1. The van der Waals surface area contributed by atoms with Crippen molar-refractivity contribution in [1.82, 2.24) is 5.32 Å². The van der Waals surface area contributed by atoms with Gasteiger partial charge in [-0.3, -0.25) is 0 Å². The molecule has 0 aliphatic carbocycles. The molecule has 23 heavy (non-hydrogen) atoms. The second-order valence-electron chi connectivity index (χ2n) is 5.05. The van der Waals surface area contributed by atoms with Crippen molar-refractivity contribution in [2.24, 2.45) is 0 Å². The van der Waals surface area contributed by atoms with E-state index in [-0.39, 0.29) is 6.61 Å². The standard InChI is InChI=1S/C17H17ClN2O3/c1-10-12(8-19)15(11-6-4-5-7-13(11)18)16(17(21)23-3)14(20-10)9-22-2/h4-7,15,20H,9H2,1-3H3. The molecule has 1 aliphatic heterocycles. The Morgan fingerprint density at radius 1 is 1.39 bits per heavy atom. The van der Waals surface area contributed by atoms with Gasteiger partial charge in [0.15, 0.2) is 0 Å². The molecular weight excluding hydrogens is 316 g/mol. The molecule has 0 fully saturated rings. The maximum Gasteiger partial charge on any atom is 0.336 e.